The van der Waals surface area contributed by atoms with Gasteiger partial charge in [0.1, 0.15) is 5.58 Å². The van der Waals surface area contributed by atoms with Crippen molar-refractivity contribution in [3.63, 3.8) is 0 Å². The number of aromatic nitrogens is 2. The van der Waals surface area contributed by atoms with Crippen molar-refractivity contribution in [2.45, 2.75) is 12.6 Å². The number of fused-ring (bicyclic) bond motifs is 1. The summed E-state index contributed by atoms with van der Waals surface area (Å²) in [6.07, 6.45) is 5.10. The molecule has 7 heteroatoms. The van der Waals surface area contributed by atoms with E-state index in [1.807, 2.05) is 24.5 Å². The highest BCUT2D eigenvalue weighted by molar-refractivity contribution is 5.80. The number of ether oxygens (including phenoxy) is 1. The summed E-state index contributed by atoms with van der Waals surface area (Å²) in [6.45, 7) is 3.71. The fourth-order valence-corrected chi connectivity index (χ4v) is 3.27. The Hall–Kier alpha value is -2.64. The molecule has 1 fully saturated rings. The van der Waals surface area contributed by atoms with E-state index in [0.29, 0.717) is 19.0 Å². The largest absolute Gasteiger partial charge is 0.464 e. The number of aryl methyl sites for hydroxylation is 1. The third kappa shape index (κ3) is 3.49. The number of rotatable bonds is 5. The molecule has 0 bridgehead atoms. The summed E-state index contributed by atoms with van der Waals surface area (Å²) in [5, 5.41) is 4.28. The molecule has 1 atom stereocenters. The van der Waals surface area contributed by atoms with E-state index in [9.17, 15) is 4.79 Å². The van der Waals surface area contributed by atoms with Crippen LogP contribution in [0, 0.1) is 0 Å². The lowest BCUT2D eigenvalue weighted by molar-refractivity contribution is -0.0240. The number of morpholine rings is 1. The molecule has 1 aromatic carbocycles. The summed E-state index contributed by atoms with van der Waals surface area (Å²) in [7, 11) is 1.71. The molecule has 136 valence electrons. The van der Waals surface area contributed by atoms with Crippen LogP contribution in [0.1, 0.15) is 5.56 Å². The van der Waals surface area contributed by atoms with Crippen molar-refractivity contribution in [2.24, 2.45) is 7.05 Å². The van der Waals surface area contributed by atoms with Gasteiger partial charge in [0.15, 0.2) is 5.82 Å². The van der Waals surface area contributed by atoms with Crippen molar-refractivity contribution in [1.82, 2.24) is 14.5 Å². The van der Waals surface area contributed by atoms with Crippen LogP contribution < -0.4 is 10.9 Å². The van der Waals surface area contributed by atoms with Crippen LogP contribution in [0.25, 0.3) is 11.0 Å². The first-order valence-corrected chi connectivity index (χ1v) is 8.75. The molecular weight excluding hydrogens is 332 g/mol. The number of nitrogens with zero attached hydrogens (tertiary/aromatic N) is 3. The molecule has 7 nitrogen and oxygen atoms in total. The molecular formula is C19H22N4O3. The molecule has 1 saturated heterocycles. The van der Waals surface area contributed by atoms with E-state index in [2.05, 4.69) is 21.3 Å². The summed E-state index contributed by atoms with van der Waals surface area (Å²) in [4.78, 5) is 18.5. The molecule has 3 heterocycles. The molecule has 0 unspecified atom stereocenters. The topological polar surface area (TPSA) is 72.5 Å². The van der Waals surface area contributed by atoms with Gasteiger partial charge in [-0.1, -0.05) is 18.2 Å². The molecule has 0 radical (unpaired) electrons. The highest BCUT2D eigenvalue weighted by atomic mass is 16.5. The lowest BCUT2D eigenvalue weighted by Crippen LogP contribution is -2.45. The van der Waals surface area contributed by atoms with Crippen molar-refractivity contribution < 1.29 is 9.15 Å². The van der Waals surface area contributed by atoms with E-state index in [4.69, 9.17) is 9.15 Å². The summed E-state index contributed by atoms with van der Waals surface area (Å²) in [5.41, 5.74) is 1.97. The molecule has 0 saturated carbocycles. The Kier molecular flexibility index (Phi) is 4.73. The van der Waals surface area contributed by atoms with Crippen LogP contribution in [0.2, 0.25) is 0 Å². The summed E-state index contributed by atoms with van der Waals surface area (Å²) in [5.74, 6) is 0.358. The number of benzene rings is 1. The Morgan fingerprint density at radius 2 is 2.23 bits per heavy atom. The second kappa shape index (κ2) is 7.31. The predicted molar refractivity (Wildman–Crippen MR) is 99.2 cm³/mol. The zero-order valence-corrected chi connectivity index (χ0v) is 14.7. The maximum absolute atomic E-state index is 12.0. The fourth-order valence-electron chi connectivity index (χ4n) is 3.27. The van der Waals surface area contributed by atoms with Gasteiger partial charge in [0.25, 0.3) is 5.56 Å². The van der Waals surface area contributed by atoms with Gasteiger partial charge in [-0.15, -0.1) is 0 Å². The maximum atomic E-state index is 12.0. The maximum Gasteiger partial charge on any atom is 0.293 e. The Labute approximate surface area is 151 Å². The number of hydrogen-bond donors (Lipinski definition) is 1. The minimum atomic E-state index is -0.134. The molecule has 0 amide bonds. The molecule has 1 aliphatic heterocycles. The van der Waals surface area contributed by atoms with Crippen molar-refractivity contribution in [3.05, 3.63) is 58.8 Å². The Morgan fingerprint density at radius 1 is 1.35 bits per heavy atom. The normalized spacial score (nSPS) is 18.3. The van der Waals surface area contributed by atoms with E-state index in [-0.39, 0.29) is 11.7 Å². The Morgan fingerprint density at radius 3 is 3.15 bits per heavy atom. The standard InChI is InChI=1S/C19H22N4O3/c1-22-7-6-20-18(19(22)24)21-10-15-12-23(8-9-25-15)11-14-13-26-17-5-3-2-4-16(14)17/h2-7,13,15H,8-12H2,1H3,(H,20,21)/t15-/m0/s1. The number of para-hydroxylation sites is 1. The molecule has 0 aliphatic carbocycles. The van der Waals surface area contributed by atoms with Gasteiger partial charge < -0.3 is 19.0 Å². The molecule has 2 aromatic heterocycles. The van der Waals surface area contributed by atoms with Crippen molar-refractivity contribution >= 4 is 16.8 Å². The average Bonchev–Trinajstić information content (AvgIpc) is 3.06. The lowest BCUT2D eigenvalue weighted by Gasteiger charge is -2.32. The molecule has 3 aromatic rings. The zero-order chi connectivity index (χ0) is 17.9. The van der Waals surface area contributed by atoms with Gasteiger partial charge in [0.05, 0.1) is 19.0 Å². The predicted octanol–water partition coefficient (Wildman–Crippen LogP) is 1.84. The first-order valence-electron chi connectivity index (χ1n) is 8.75. The zero-order valence-electron chi connectivity index (χ0n) is 14.7. The molecule has 1 N–H and O–H groups in total. The van der Waals surface area contributed by atoms with Crippen molar-refractivity contribution in [1.29, 1.82) is 0 Å². The minimum absolute atomic E-state index is 0.00799. The van der Waals surface area contributed by atoms with Crippen LogP contribution in [0.4, 0.5) is 5.82 Å². The van der Waals surface area contributed by atoms with E-state index in [0.717, 1.165) is 30.6 Å². The van der Waals surface area contributed by atoms with E-state index >= 15 is 0 Å². The number of hydrogen-bond acceptors (Lipinski definition) is 6. The van der Waals surface area contributed by atoms with Crippen LogP contribution in [0.15, 0.2) is 52.1 Å². The molecule has 0 spiro atoms. The minimum Gasteiger partial charge on any atom is -0.464 e. The van der Waals surface area contributed by atoms with Crippen LogP contribution >= 0.6 is 0 Å². The smallest absolute Gasteiger partial charge is 0.293 e. The fraction of sp³-hybridized carbons (Fsp3) is 0.368. The van der Waals surface area contributed by atoms with E-state index in [1.54, 1.807) is 19.4 Å². The second-order valence-corrected chi connectivity index (χ2v) is 6.56. The van der Waals surface area contributed by atoms with Crippen LogP contribution in [-0.4, -0.2) is 46.8 Å². The highest BCUT2D eigenvalue weighted by Crippen LogP contribution is 2.22. The summed E-state index contributed by atoms with van der Waals surface area (Å²) >= 11 is 0. The monoisotopic (exact) mass is 354 g/mol. The van der Waals surface area contributed by atoms with Gasteiger partial charge in [-0.2, -0.15) is 0 Å². The highest BCUT2D eigenvalue weighted by Gasteiger charge is 2.22. The molecule has 26 heavy (non-hydrogen) atoms. The molecule has 4 rings (SSSR count). The van der Waals surface area contributed by atoms with Crippen molar-refractivity contribution in [2.75, 3.05) is 31.6 Å². The molecule has 1 aliphatic rings. The third-order valence-corrected chi connectivity index (χ3v) is 4.69. The first kappa shape index (κ1) is 16.8. The van der Waals surface area contributed by atoms with Crippen molar-refractivity contribution in [3.8, 4) is 0 Å². The lowest BCUT2D eigenvalue weighted by atomic mass is 10.1. The number of furan rings is 1. The third-order valence-electron chi connectivity index (χ3n) is 4.69. The second-order valence-electron chi connectivity index (χ2n) is 6.56. The Bertz CT molecular complexity index is 949. The van der Waals surface area contributed by atoms with Gasteiger partial charge in [0.2, 0.25) is 0 Å². The Balaban J connectivity index is 1.38. The van der Waals surface area contributed by atoms with Gasteiger partial charge >= 0.3 is 0 Å². The number of anilines is 1. The van der Waals surface area contributed by atoms with Crippen LogP contribution in [-0.2, 0) is 18.3 Å². The number of nitrogens with one attached hydrogen (secondary N) is 1. The summed E-state index contributed by atoms with van der Waals surface area (Å²) < 4.78 is 13.0. The van der Waals surface area contributed by atoms with Gasteiger partial charge in [-0.05, 0) is 6.07 Å². The quantitative estimate of drug-likeness (QED) is 0.754. The van der Waals surface area contributed by atoms with E-state index < -0.39 is 0 Å². The average molecular weight is 354 g/mol. The van der Waals surface area contributed by atoms with Gasteiger partial charge in [0, 0.05) is 56.6 Å². The van der Waals surface area contributed by atoms with Crippen LogP contribution in [0.3, 0.4) is 0 Å². The SMILES string of the molecule is Cn1ccnc(NC[C@H]2CN(Cc3coc4ccccc34)CCO2)c1=O. The first-order chi connectivity index (χ1) is 12.7. The summed E-state index contributed by atoms with van der Waals surface area (Å²) in [6, 6.07) is 8.08. The van der Waals surface area contributed by atoms with Gasteiger partial charge in [-0.25, -0.2) is 4.98 Å². The van der Waals surface area contributed by atoms with E-state index in [1.165, 1.54) is 10.1 Å². The van der Waals surface area contributed by atoms with Crippen LogP contribution in [0.5, 0.6) is 0 Å². The van der Waals surface area contributed by atoms with Gasteiger partial charge in [-0.3, -0.25) is 9.69 Å².